The molecule has 0 radical (unpaired) electrons. The Morgan fingerprint density at radius 3 is 1.66 bits per heavy atom. The molecule has 0 aromatic carbocycles. The molecule has 1 heterocycles. The number of fused-ring (bicyclic) bond motifs is 1. The zero-order chi connectivity index (χ0) is 26.0. The number of aliphatic hydroxyl groups excluding tert-OH is 2. The molecule has 1 saturated heterocycles. The lowest BCUT2D eigenvalue weighted by Crippen LogP contribution is -2.63. The fourth-order valence-corrected chi connectivity index (χ4v) is 12.2. The van der Waals surface area contributed by atoms with Crippen LogP contribution < -0.4 is 0 Å². The quantitative estimate of drug-likeness (QED) is 0.302. The van der Waals surface area contributed by atoms with Crippen molar-refractivity contribution in [3.8, 4) is 0 Å². The van der Waals surface area contributed by atoms with E-state index < -0.39 is 33.2 Å². The molecule has 5 nitrogen and oxygen atoms in total. The highest BCUT2D eigenvalue weighted by atomic mass is 79.9. The molecule has 13 atom stereocenters. The first kappa shape index (κ1) is 28.8. The third-order valence-corrected chi connectivity index (χ3v) is 15.2. The van der Waals surface area contributed by atoms with E-state index in [0.29, 0.717) is 6.42 Å². The van der Waals surface area contributed by atoms with Gasteiger partial charge in [-0.15, -0.1) is 0 Å². The van der Waals surface area contributed by atoms with Crippen molar-refractivity contribution in [2.45, 2.75) is 113 Å². The predicted octanol–water partition coefficient (Wildman–Crippen LogP) is 5.75. The molecule has 1 aliphatic heterocycles. The summed E-state index contributed by atoms with van der Waals surface area (Å²) in [5.74, 6) is 0.870. The van der Waals surface area contributed by atoms with Crippen LogP contribution in [-0.4, -0.2) is 51.3 Å². The number of halogens is 2. The average Bonchev–Trinajstić information content (AvgIpc) is 3.03. The van der Waals surface area contributed by atoms with Crippen molar-refractivity contribution in [1.82, 2.24) is 0 Å². The second kappa shape index (κ2) is 10.4. The third-order valence-electron chi connectivity index (χ3n) is 10.6. The van der Waals surface area contributed by atoms with Gasteiger partial charge in [0.05, 0.1) is 23.1 Å². The minimum Gasteiger partial charge on any atom is -0.392 e. The van der Waals surface area contributed by atoms with Gasteiger partial charge in [0.15, 0.2) is 0 Å². The van der Waals surface area contributed by atoms with Crippen LogP contribution in [0.4, 0.5) is 0 Å². The molecule has 0 aromatic rings. The summed E-state index contributed by atoms with van der Waals surface area (Å²) in [4.78, 5) is -0.214. The van der Waals surface area contributed by atoms with Crippen LogP contribution in [0.25, 0.3) is 0 Å². The second-order valence-electron chi connectivity index (χ2n) is 12.9. The van der Waals surface area contributed by atoms with Gasteiger partial charge in [-0.3, -0.25) is 4.18 Å². The summed E-state index contributed by atoms with van der Waals surface area (Å²) in [6.07, 6.45) is 4.14. The lowest BCUT2D eigenvalue weighted by molar-refractivity contribution is -0.158. The van der Waals surface area contributed by atoms with Gasteiger partial charge < -0.3 is 10.2 Å². The molecule has 3 saturated carbocycles. The zero-order valence-electron chi connectivity index (χ0n) is 22.1. The average molecular weight is 643 g/mol. The number of alkyl halides is 2. The fraction of sp³-hybridized carbons (Fsp3) is 1.00. The van der Waals surface area contributed by atoms with E-state index in [9.17, 15) is 18.6 Å². The second-order valence-corrected chi connectivity index (χ2v) is 16.8. The van der Waals surface area contributed by atoms with Crippen LogP contribution in [0.2, 0.25) is 0 Å². The molecule has 4 rings (SSSR count). The number of hydrogen-bond acceptors (Lipinski definition) is 5. The highest BCUT2D eigenvalue weighted by Crippen LogP contribution is 2.63. The van der Waals surface area contributed by atoms with E-state index in [2.05, 4.69) is 73.4 Å². The molecule has 4 fully saturated rings. The summed E-state index contributed by atoms with van der Waals surface area (Å²) in [5.41, 5.74) is -0.804. The van der Waals surface area contributed by atoms with Gasteiger partial charge in [0.1, 0.15) is 0 Å². The summed E-state index contributed by atoms with van der Waals surface area (Å²) in [6, 6.07) is 0. The van der Waals surface area contributed by atoms with E-state index in [-0.39, 0.29) is 62.9 Å². The summed E-state index contributed by atoms with van der Waals surface area (Å²) in [5, 5.41) is 21.9. The third kappa shape index (κ3) is 4.64. The van der Waals surface area contributed by atoms with Crippen molar-refractivity contribution in [1.29, 1.82) is 0 Å². The van der Waals surface area contributed by atoms with E-state index >= 15 is 0 Å². The summed E-state index contributed by atoms with van der Waals surface area (Å²) >= 11 is 7.69. The SMILES string of the molecule is CC(C)[C@H]1C[C@@H](C2([C@H]3C[C@H](C(C)C)[C@H](O)[C@H](Br)[C@@H]3C)OS(=O)(=O)[C@H]3CCCC[C@H]32)[C@@H](C)[C@@H](Br)[C@H]1O. The van der Waals surface area contributed by atoms with Gasteiger partial charge in [-0.2, -0.15) is 8.42 Å². The standard InChI is InChI=1S/C27H46Br2O5S/c1-13(2)17-11-20(15(5)23(28)25(17)30)27(19-9-7-8-10-22(19)35(32,33)34-27)21-12-18(14(3)4)26(31)24(29)16(21)6/h13-26,30-31H,7-12H2,1-6H3/t15-,16-,17-,18-,19-,20-,21+,22+,23-,24-,25+,26+,27?/m1/s1. The molecular weight excluding hydrogens is 596 g/mol. The molecule has 0 amide bonds. The first-order valence-electron chi connectivity index (χ1n) is 13.8. The zero-order valence-corrected chi connectivity index (χ0v) is 26.1. The van der Waals surface area contributed by atoms with Gasteiger partial charge in [-0.05, 0) is 73.0 Å². The smallest absolute Gasteiger partial charge is 0.271 e. The lowest BCUT2D eigenvalue weighted by Gasteiger charge is -2.58. The Kier molecular flexibility index (Phi) is 8.56. The Bertz CT molecular complexity index is 824. The topological polar surface area (TPSA) is 83.8 Å². The van der Waals surface area contributed by atoms with Crippen LogP contribution in [-0.2, 0) is 14.3 Å². The van der Waals surface area contributed by atoms with Crippen molar-refractivity contribution in [2.75, 3.05) is 0 Å². The molecule has 3 aliphatic carbocycles. The molecule has 204 valence electrons. The van der Waals surface area contributed by atoms with Crippen LogP contribution >= 0.6 is 31.9 Å². The number of rotatable bonds is 4. The van der Waals surface area contributed by atoms with Crippen molar-refractivity contribution in [3.05, 3.63) is 0 Å². The molecule has 8 heteroatoms. The first-order chi connectivity index (χ1) is 16.3. The van der Waals surface area contributed by atoms with Crippen LogP contribution in [0.5, 0.6) is 0 Å². The molecule has 2 N–H and O–H groups in total. The number of hydrogen-bond donors (Lipinski definition) is 2. The Hall–Kier alpha value is 0.790. The molecule has 1 unspecified atom stereocenters. The Morgan fingerprint density at radius 2 is 1.23 bits per heavy atom. The fourth-order valence-electron chi connectivity index (χ4n) is 8.59. The lowest BCUT2D eigenvalue weighted by atomic mass is 9.51. The molecule has 35 heavy (non-hydrogen) atoms. The van der Waals surface area contributed by atoms with E-state index in [1.54, 1.807) is 0 Å². The van der Waals surface area contributed by atoms with Crippen LogP contribution in [0.3, 0.4) is 0 Å². The van der Waals surface area contributed by atoms with Crippen LogP contribution in [0.15, 0.2) is 0 Å². The minimum atomic E-state index is -3.69. The maximum absolute atomic E-state index is 13.7. The molecule has 0 bridgehead atoms. The van der Waals surface area contributed by atoms with Gasteiger partial charge in [-0.1, -0.05) is 86.2 Å². The van der Waals surface area contributed by atoms with Gasteiger partial charge in [0.2, 0.25) is 0 Å². The molecule has 0 spiro atoms. The minimum absolute atomic E-state index is 0.0146. The molecule has 4 aliphatic rings. The normalized spacial score (nSPS) is 52.6. The maximum Gasteiger partial charge on any atom is 0.271 e. The van der Waals surface area contributed by atoms with E-state index in [0.717, 1.165) is 32.1 Å². The van der Waals surface area contributed by atoms with Crippen LogP contribution in [0, 0.1) is 53.3 Å². The van der Waals surface area contributed by atoms with Crippen LogP contribution in [0.1, 0.15) is 80.1 Å². The van der Waals surface area contributed by atoms with Crippen molar-refractivity contribution >= 4 is 42.0 Å². The molecular formula is C27H46Br2O5S. The first-order valence-corrected chi connectivity index (χ1v) is 17.1. The Labute approximate surface area is 229 Å². The highest BCUT2D eigenvalue weighted by Gasteiger charge is 2.69. The highest BCUT2D eigenvalue weighted by molar-refractivity contribution is 9.09. The monoisotopic (exact) mass is 640 g/mol. The summed E-state index contributed by atoms with van der Waals surface area (Å²) in [6.45, 7) is 13.0. The van der Waals surface area contributed by atoms with Crippen molar-refractivity contribution in [3.63, 3.8) is 0 Å². The predicted molar refractivity (Wildman–Crippen MR) is 147 cm³/mol. The van der Waals surface area contributed by atoms with E-state index in [1.165, 1.54) is 0 Å². The number of aliphatic hydroxyl groups is 2. The van der Waals surface area contributed by atoms with E-state index in [1.807, 2.05) is 0 Å². The largest absolute Gasteiger partial charge is 0.392 e. The van der Waals surface area contributed by atoms with E-state index in [4.69, 9.17) is 4.18 Å². The van der Waals surface area contributed by atoms with Crippen molar-refractivity contribution < 1.29 is 22.8 Å². The maximum atomic E-state index is 13.7. The molecule has 0 aromatic heterocycles. The van der Waals surface area contributed by atoms with Gasteiger partial charge in [0.25, 0.3) is 10.1 Å². The van der Waals surface area contributed by atoms with Gasteiger partial charge in [-0.25, -0.2) is 0 Å². The Morgan fingerprint density at radius 1 is 0.800 bits per heavy atom. The van der Waals surface area contributed by atoms with Crippen molar-refractivity contribution in [2.24, 2.45) is 53.3 Å². The summed E-state index contributed by atoms with van der Waals surface area (Å²) in [7, 11) is -3.69. The summed E-state index contributed by atoms with van der Waals surface area (Å²) < 4.78 is 34.0. The Balaban J connectivity index is 1.89. The van der Waals surface area contributed by atoms with Gasteiger partial charge in [0, 0.05) is 15.6 Å². The van der Waals surface area contributed by atoms with Gasteiger partial charge >= 0.3 is 0 Å².